The van der Waals surface area contributed by atoms with E-state index in [4.69, 9.17) is 4.74 Å². The quantitative estimate of drug-likeness (QED) is 0.672. The highest BCUT2D eigenvalue weighted by Crippen LogP contribution is 2.44. The number of hydrogen-bond donors (Lipinski definition) is 1. The Morgan fingerprint density at radius 1 is 1.53 bits per heavy atom. The predicted octanol–water partition coefficient (Wildman–Crippen LogP) is 0.396. The van der Waals surface area contributed by atoms with Crippen molar-refractivity contribution in [3.05, 3.63) is 0 Å². The summed E-state index contributed by atoms with van der Waals surface area (Å²) >= 11 is 0. The second-order valence-electron chi connectivity index (χ2n) is 4.57. The van der Waals surface area contributed by atoms with Gasteiger partial charge in [-0.1, -0.05) is 0 Å². The number of β-amino-alcohol motifs (C(OH)–C–C–N with tert-alkyl or cyclic N) is 1. The monoisotopic (exact) mass is 213 g/mol. The zero-order chi connectivity index (χ0) is 10.9. The Bertz CT molecular complexity index is 244. The van der Waals surface area contributed by atoms with Crippen LogP contribution >= 0.6 is 0 Å². The molecule has 4 heteroatoms. The van der Waals surface area contributed by atoms with Gasteiger partial charge < -0.3 is 14.7 Å². The lowest BCUT2D eigenvalue weighted by molar-refractivity contribution is -0.160. The molecule has 0 atom stereocenters. The van der Waals surface area contributed by atoms with Gasteiger partial charge in [-0.2, -0.15) is 0 Å². The molecule has 1 saturated heterocycles. The van der Waals surface area contributed by atoms with E-state index in [9.17, 15) is 9.90 Å². The first kappa shape index (κ1) is 10.9. The summed E-state index contributed by atoms with van der Waals surface area (Å²) in [6.07, 6.45) is 2.68. The molecule has 2 rings (SSSR count). The van der Waals surface area contributed by atoms with Crippen LogP contribution in [0.4, 0.5) is 0 Å². The molecule has 0 unspecified atom stereocenters. The molecule has 0 aromatic heterocycles. The highest BCUT2D eigenvalue weighted by atomic mass is 16.5. The summed E-state index contributed by atoms with van der Waals surface area (Å²) in [4.78, 5) is 13.3. The Morgan fingerprint density at radius 2 is 2.20 bits per heavy atom. The summed E-state index contributed by atoms with van der Waals surface area (Å²) in [6, 6.07) is 0. The minimum Gasteiger partial charge on any atom is -0.386 e. The first-order valence-electron chi connectivity index (χ1n) is 5.73. The average molecular weight is 213 g/mol. The van der Waals surface area contributed by atoms with Gasteiger partial charge >= 0.3 is 0 Å². The van der Waals surface area contributed by atoms with Crippen LogP contribution in [0, 0.1) is 5.92 Å². The first-order valence-corrected chi connectivity index (χ1v) is 5.73. The molecule has 2 fully saturated rings. The Kier molecular flexibility index (Phi) is 2.98. The largest absolute Gasteiger partial charge is 0.386 e. The van der Waals surface area contributed by atoms with Crippen molar-refractivity contribution in [3.63, 3.8) is 0 Å². The van der Waals surface area contributed by atoms with E-state index < -0.39 is 5.60 Å². The molecule has 4 nitrogen and oxygen atoms in total. The van der Waals surface area contributed by atoms with E-state index in [1.165, 1.54) is 0 Å². The zero-order valence-electron chi connectivity index (χ0n) is 9.24. The maximum Gasteiger partial charge on any atom is 0.225 e. The number of carbonyl (C=O) groups excluding carboxylic acids is 1. The summed E-state index contributed by atoms with van der Waals surface area (Å²) in [5, 5.41) is 10.0. The summed E-state index contributed by atoms with van der Waals surface area (Å²) in [5.41, 5.74) is -0.554. The third-order valence-electron chi connectivity index (χ3n) is 3.28. The highest BCUT2D eigenvalue weighted by molar-refractivity contribution is 5.77. The lowest BCUT2D eigenvalue weighted by atomic mass is 9.88. The van der Waals surface area contributed by atoms with Crippen molar-refractivity contribution in [2.75, 3.05) is 26.3 Å². The molecule has 0 aromatic carbocycles. The fourth-order valence-corrected chi connectivity index (χ4v) is 2.13. The van der Waals surface area contributed by atoms with E-state index in [0.717, 1.165) is 12.8 Å². The number of nitrogens with zero attached hydrogens (tertiary/aromatic N) is 1. The number of hydrogen-bond acceptors (Lipinski definition) is 3. The zero-order valence-corrected chi connectivity index (χ0v) is 9.24. The van der Waals surface area contributed by atoms with Gasteiger partial charge in [0.1, 0.15) is 5.60 Å². The molecule has 1 aliphatic heterocycles. The van der Waals surface area contributed by atoms with Gasteiger partial charge in [-0.3, -0.25) is 4.79 Å². The Labute approximate surface area is 90.2 Å². The van der Waals surface area contributed by atoms with Crippen LogP contribution in [-0.2, 0) is 9.53 Å². The summed E-state index contributed by atoms with van der Waals surface area (Å²) in [7, 11) is 0. The summed E-state index contributed by atoms with van der Waals surface area (Å²) < 4.78 is 5.12. The van der Waals surface area contributed by atoms with Gasteiger partial charge in [-0.15, -0.1) is 0 Å². The maximum atomic E-state index is 11.6. The molecule has 15 heavy (non-hydrogen) atoms. The van der Waals surface area contributed by atoms with Gasteiger partial charge in [0.15, 0.2) is 0 Å². The van der Waals surface area contributed by atoms with Crippen LogP contribution in [-0.4, -0.2) is 47.8 Å². The van der Waals surface area contributed by atoms with Crippen molar-refractivity contribution in [1.29, 1.82) is 0 Å². The molecular weight excluding hydrogens is 194 g/mol. The molecule has 1 N–H and O–H groups in total. The smallest absolute Gasteiger partial charge is 0.225 e. The Balaban J connectivity index is 1.67. The molecule has 1 amide bonds. The first-order chi connectivity index (χ1) is 7.15. The Hall–Kier alpha value is -0.610. The van der Waals surface area contributed by atoms with E-state index in [-0.39, 0.29) is 5.91 Å². The van der Waals surface area contributed by atoms with Crippen LogP contribution in [0.2, 0.25) is 0 Å². The molecule has 2 aliphatic rings. The van der Waals surface area contributed by atoms with Crippen molar-refractivity contribution in [2.45, 2.75) is 31.8 Å². The number of ether oxygens (including phenoxy) is 1. The van der Waals surface area contributed by atoms with E-state index in [2.05, 4.69) is 0 Å². The second-order valence-corrected chi connectivity index (χ2v) is 4.57. The van der Waals surface area contributed by atoms with Crippen LogP contribution < -0.4 is 0 Å². The highest BCUT2D eigenvalue weighted by Gasteiger charge is 2.52. The van der Waals surface area contributed by atoms with Crippen molar-refractivity contribution in [1.82, 2.24) is 4.90 Å². The van der Waals surface area contributed by atoms with Crippen molar-refractivity contribution >= 4 is 5.91 Å². The van der Waals surface area contributed by atoms with Crippen LogP contribution in [0.1, 0.15) is 26.2 Å². The predicted molar refractivity (Wildman–Crippen MR) is 55.4 cm³/mol. The molecule has 0 radical (unpaired) electrons. The summed E-state index contributed by atoms with van der Waals surface area (Å²) in [5.74, 6) is 0.558. The van der Waals surface area contributed by atoms with E-state index in [1.807, 2.05) is 6.92 Å². The lowest BCUT2D eigenvalue weighted by Crippen LogP contribution is -2.64. The van der Waals surface area contributed by atoms with Gasteiger partial charge in [-0.25, -0.2) is 0 Å². The average Bonchev–Trinajstić information content (AvgIpc) is 2.96. The molecule has 0 spiro atoms. The SMILES string of the molecule is CCOCCC(=O)N1CC(O)(C2CC2)C1. The third kappa shape index (κ3) is 2.32. The lowest BCUT2D eigenvalue weighted by Gasteiger charge is -2.47. The fourth-order valence-electron chi connectivity index (χ4n) is 2.13. The van der Waals surface area contributed by atoms with Crippen molar-refractivity contribution < 1.29 is 14.6 Å². The van der Waals surface area contributed by atoms with Gasteiger partial charge in [0.2, 0.25) is 5.91 Å². The normalized spacial score (nSPS) is 23.7. The maximum absolute atomic E-state index is 11.6. The van der Waals surface area contributed by atoms with Gasteiger partial charge in [-0.05, 0) is 25.7 Å². The van der Waals surface area contributed by atoms with Crippen LogP contribution in [0.5, 0.6) is 0 Å². The second kappa shape index (κ2) is 4.10. The van der Waals surface area contributed by atoms with Crippen molar-refractivity contribution in [2.24, 2.45) is 5.92 Å². The van der Waals surface area contributed by atoms with Crippen molar-refractivity contribution in [3.8, 4) is 0 Å². The van der Waals surface area contributed by atoms with E-state index in [1.54, 1.807) is 4.90 Å². The molecule has 86 valence electrons. The fraction of sp³-hybridized carbons (Fsp3) is 0.909. The molecule has 1 heterocycles. The number of carbonyl (C=O) groups is 1. The van der Waals surface area contributed by atoms with Crippen LogP contribution in [0.25, 0.3) is 0 Å². The molecule has 0 aromatic rings. The van der Waals surface area contributed by atoms with Crippen LogP contribution in [0.15, 0.2) is 0 Å². The molecule has 1 aliphatic carbocycles. The van der Waals surface area contributed by atoms with E-state index >= 15 is 0 Å². The van der Waals surface area contributed by atoms with Gasteiger partial charge in [0.25, 0.3) is 0 Å². The number of rotatable bonds is 5. The minimum absolute atomic E-state index is 0.105. The standard InChI is InChI=1S/C11H19NO3/c1-2-15-6-5-10(13)12-7-11(14,8-12)9-3-4-9/h9,14H,2-8H2,1H3. The van der Waals surface area contributed by atoms with Crippen LogP contribution in [0.3, 0.4) is 0 Å². The molecule has 0 bridgehead atoms. The van der Waals surface area contributed by atoms with Gasteiger partial charge in [0, 0.05) is 6.61 Å². The van der Waals surface area contributed by atoms with Gasteiger partial charge in [0.05, 0.1) is 26.1 Å². The van der Waals surface area contributed by atoms with E-state index in [0.29, 0.717) is 38.6 Å². The summed E-state index contributed by atoms with van der Waals surface area (Å²) in [6.45, 7) is 4.12. The molecular formula is C11H19NO3. The number of amides is 1. The Morgan fingerprint density at radius 3 is 2.73 bits per heavy atom. The number of likely N-dealkylation sites (tertiary alicyclic amines) is 1. The topological polar surface area (TPSA) is 49.8 Å². The minimum atomic E-state index is -0.554. The molecule has 1 saturated carbocycles. The number of aliphatic hydroxyl groups is 1. The third-order valence-corrected chi connectivity index (χ3v) is 3.28.